The van der Waals surface area contributed by atoms with Gasteiger partial charge in [0.1, 0.15) is 18.3 Å². The minimum atomic E-state index is -4.61. The maximum Gasteiger partial charge on any atom is 0.469 e. The average Bonchev–Trinajstić information content (AvgIpc) is 2.21. The molecule has 0 aromatic rings. The molecule has 0 spiro atoms. The smallest absolute Gasteiger partial charge is 0.388 e. The molecule has 17 heavy (non-hydrogen) atoms. The molecule has 1 fully saturated rings. The molecule has 1 heterocycles. The largest absolute Gasteiger partial charge is 0.469 e. The number of phosphoric ester groups is 1. The summed E-state index contributed by atoms with van der Waals surface area (Å²) >= 11 is 0. The first kappa shape index (κ1) is 15.0. The second kappa shape index (κ2) is 5.70. The number of hydrogen-bond acceptors (Lipinski definition) is 7. The van der Waals surface area contributed by atoms with Crippen LogP contribution in [0.1, 0.15) is 6.42 Å². The van der Waals surface area contributed by atoms with Gasteiger partial charge in [0.15, 0.2) is 6.29 Å². The normalized spacial score (nSPS) is 39.3. The molecular formula is C7H15O9P. The highest BCUT2D eigenvalue weighted by Gasteiger charge is 2.42. The number of aliphatic hydroxyl groups is 4. The summed E-state index contributed by atoms with van der Waals surface area (Å²) in [6, 6.07) is 0. The van der Waals surface area contributed by atoms with Crippen LogP contribution in [0.25, 0.3) is 0 Å². The van der Waals surface area contributed by atoms with Crippen LogP contribution in [0, 0.1) is 0 Å². The van der Waals surface area contributed by atoms with E-state index in [4.69, 9.17) is 24.7 Å². The van der Waals surface area contributed by atoms with Crippen LogP contribution in [0.3, 0.4) is 0 Å². The molecule has 0 saturated carbocycles. The lowest BCUT2D eigenvalue weighted by molar-refractivity contribution is -0.283. The predicted molar refractivity (Wildman–Crippen MR) is 51.5 cm³/mol. The van der Waals surface area contributed by atoms with Gasteiger partial charge in [-0.3, -0.25) is 4.52 Å². The first-order valence-electron chi connectivity index (χ1n) is 4.80. The molecule has 0 bridgehead atoms. The molecule has 0 radical (unpaired) electrons. The van der Waals surface area contributed by atoms with E-state index in [1.165, 1.54) is 0 Å². The number of phosphoric acid groups is 1. The molecule has 0 aliphatic carbocycles. The van der Waals surface area contributed by atoms with Crippen molar-refractivity contribution in [3.05, 3.63) is 0 Å². The van der Waals surface area contributed by atoms with Gasteiger partial charge >= 0.3 is 7.82 Å². The minimum absolute atomic E-state index is 0.160. The fourth-order valence-electron chi connectivity index (χ4n) is 1.46. The highest BCUT2D eigenvalue weighted by Crippen LogP contribution is 2.36. The molecule has 5 atom stereocenters. The van der Waals surface area contributed by atoms with E-state index < -0.39 is 45.1 Å². The Bertz CT molecular complexity index is 291. The van der Waals surface area contributed by atoms with E-state index in [1.54, 1.807) is 0 Å². The number of ether oxygens (including phenoxy) is 1. The molecule has 1 aliphatic rings. The van der Waals surface area contributed by atoms with Crippen LogP contribution < -0.4 is 0 Å². The van der Waals surface area contributed by atoms with Crippen molar-refractivity contribution in [2.75, 3.05) is 6.61 Å². The molecule has 1 rings (SSSR count). The topological polar surface area (TPSA) is 157 Å². The van der Waals surface area contributed by atoms with Crippen molar-refractivity contribution in [1.29, 1.82) is 0 Å². The van der Waals surface area contributed by atoms with Gasteiger partial charge in [0, 0.05) is 6.42 Å². The highest BCUT2D eigenvalue weighted by atomic mass is 31.2. The van der Waals surface area contributed by atoms with Crippen LogP contribution in [0.2, 0.25) is 0 Å². The fraction of sp³-hybridized carbons (Fsp3) is 1.00. The Kier molecular flexibility index (Phi) is 5.02. The maximum absolute atomic E-state index is 10.4. The summed E-state index contributed by atoms with van der Waals surface area (Å²) < 4.78 is 19.3. The third-order valence-electron chi connectivity index (χ3n) is 2.35. The summed E-state index contributed by atoms with van der Waals surface area (Å²) in [6.07, 6.45) is -7.63. The summed E-state index contributed by atoms with van der Waals surface area (Å²) in [5.41, 5.74) is 0. The van der Waals surface area contributed by atoms with Crippen molar-refractivity contribution in [2.45, 2.75) is 37.1 Å². The second-order valence-corrected chi connectivity index (χ2v) is 4.89. The summed E-state index contributed by atoms with van der Waals surface area (Å²) in [6.45, 7) is -0.429. The molecule has 1 saturated heterocycles. The summed E-state index contributed by atoms with van der Waals surface area (Å²) in [5, 5.41) is 37.1. The number of hydrogen-bond donors (Lipinski definition) is 6. The molecular weight excluding hydrogens is 259 g/mol. The van der Waals surface area contributed by atoms with Crippen molar-refractivity contribution in [3.63, 3.8) is 0 Å². The van der Waals surface area contributed by atoms with Crippen LogP contribution in [0.4, 0.5) is 0 Å². The third-order valence-corrected chi connectivity index (χ3v) is 2.87. The van der Waals surface area contributed by atoms with Gasteiger partial charge in [-0.2, -0.15) is 0 Å². The Labute approximate surface area is 96.5 Å². The summed E-state index contributed by atoms with van der Waals surface area (Å²) in [5.74, 6) is 0. The summed E-state index contributed by atoms with van der Waals surface area (Å²) in [4.78, 5) is 16.8. The van der Waals surface area contributed by atoms with Gasteiger partial charge in [0.2, 0.25) is 0 Å². The highest BCUT2D eigenvalue weighted by molar-refractivity contribution is 7.46. The molecule has 9 nitrogen and oxygen atoms in total. The first-order valence-corrected chi connectivity index (χ1v) is 6.33. The lowest BCUT2D eigenvalue weighted by Crippen LogP contribution is -2.57. The zero-order chi connectivity index (χ0) is 13.2. The van der Waals surface area contributed by atoms with Crippen molar-refractivity contribution >= 4 is 7.82 Å². The predicted octanol–water partition coefficient (Wildman–Crippen LogP) is -2.71. The Morgan fingerprint density at radius 2 is 1.65 bits per heavy atom. The van der Waals surface area contributed by atoms with Gasteiger partial charge in [0.05, 0.1) is 12.7 Å². The molecule has 0 aromatic carbocycles. The van der Waals surface area contributed by atoms with Gasteiger partial charge in [0.25, 0.3) is 0 Å². The lowest BCUT2D eigenvalue weighted by Gasteiger charge is -2.38. The molecule has 0 aromatic heterocycles. The van der Waals surface area contributed by atoms with Crippen LogP contribution in [0.15, 0.2) is 0 Å². The Hall–Kier alpha value is -0.0900. The second-order valence-electron chi connectivity index (χ2n) is 3.65. The van der Waals surface area contributed by atoms with Gasteiger partial charge < -0.3 is 34.9 Å². The van der Waals surface area contributed by atoms with E-state index in [1.807, 2.05) is 0 Å². The minimum Gasteiger partial charge on any atom is -0.388 e. The summed E-state index contributed by atoms with van der Waals surface area (Å²) in [7, 11) is -4.61. The fourth-order valence-corrected chi connectivity index (χ4v) is 1.80. The van der Waals surface area contributed by atoms with Crippen molar-refractivity contribution in [2.24, 2.45) is 0 Å². The van der Waals surface area contributed by atoms with E-state index >= 15 is 0 Å². The van der Waals surface area contributed by atoms with E-state index in [-0.39, 0.29) is 6.42 Å². The van der Waals surface area contributed by atoms with Crippen LogP contribution in [0.5, 0.6) is 0 Å². The van der Waals surface area contributed by atoms with Crippen molar-refractivity contribution in [3.8, 4) is 0 Å². The Morgan fingerprint density at radius 3 is 2.18 bits per heavy atom. The van der Waals surface area contributed by atoms with Crippen molar-refractivity contribution < 1.29 is 44.0 Å². The van der Waals surface area contributed by atoms with Gasteiger partial charge in [-0.1, -0.05) is 0 Å². The van der Waals surface area contributed by atoms with Gasteiger partial charge in [-0.25, -0.2) is 4.57 Å². The van der Waals surface area contributed by atoms with Gasteiger partial charge in [-0.15, -0.1) is 0 Å². The number of rotatable bonds is 4. The third kappa shape index (κ3) is 4.25. The Balaban J connectivity index is 2.46. The average molecular weight is 274 g/mol. The van der Waals surface area contributed by atoms with Crippen LogP contribution in [-0.2, 0) is 13.8 Å². The molecule has 6 N–H and O–H groups in total. The molecule has 0 unspecified atom stereocenters. The zero-order valence-electron chi connectivity index (χ0n) is 8.66. The van der Waals surface area contributed by atoms with Gasteiger partial charge in [-0.05, 0) is 0 Å². The molecule has 1 aliphatic heterocycles. The van der Waals surface area contributed by atoms with E-state index in [9.17, 15) is 14.8 Å². The molecule has 10 heteroatoms. The lowest BCUT2D eigenvalue weighted by atomic mass is 9.97. The van der Waals surface area contributed by atoms with Crippen molar-refractivity contribution in [1.82, 2.24) is 0 Å². The quantitative estimate of drug-likeness (QED) is 0.300. The molecule has 0 amide bonds. The van der Waals surface area contributed by atoms with Crippen LogP contribution >= 0.6 is 7.82 Å². The molecule has 102 valence electrons. The van der Waals surface area contributed by atoms with E-state index in [2.05, 4.69) is 4.52 Å². The van der Waals surface area contributed by atoms with E-state index in [0.717, 1.165) is 0 Å². The first-order chi connectivity index (χ1) is 7.72. The SMILES string of the molecule is O=P(O)(O)OCC[C@H]1O[C@H](O)[C@H](O)[C@@H](O)[C@@H]1O. The van der Waals surface area contributed by atoms with E-state index in [0.29, 0.717) is 0 Å². The standard InChI is InChI=1S/C7H15O9P/c8-4-3(1-2-15-17(12,13)14)16-7(11)6(10)5(4)9/h3-11H,1-2H2,(H2,12,13,14)/t3-,4-,5+,6-,7+/m1/s1. The maximum atomic E-state index is 10.4. The Morgan fingerprint density at radius 1 is 1.06 bits per heavy atom. The van der Waals surface area contributed by atoms with Crippen LogP contribution in [-0.4, -0.2) is 67.5 Å². The number of aliphatic hydroxyl groups excluding tert-OH is 4. The monoisotopic (exact) mass is 274 g/mol. The zero-order valence-corrected chi connectivity index (χ0v) is 9.55.